The number of benzene rings is 3. The van der Waals surface area contributed by atoms with Gasteiger partial charge in [0.05, 0.1) is 23.4 Å². The van der Waals surface area contributed by atoms with E-state index in [0.29, 0.717) is 34.7 Å². The summed E-state index contributed by atoms with van der Waals surface area (Å²) in [4.78, 5) is 0. The molecule has 3 aromatic carbocycles. The Morgan fingerprint density at radius 1 is 1.03 bits per heavy atom. The molecule has 7 heteroatoms. The van der Waals surface area contributed by atoms with Gasteiger partial charge in [-0.3, -0.25) is 0 Å². The van der Waals surface area contributed by atoms with Crippen LogP contribution in [-0.2, 0) is 13.2 Å². The third-order valence-electron chi connectivity index (χ3n) is 4.10. The first-order valence-electron chi connectivity index (χ1n) is 8.81. The Bertz CT molecular complexity index is 977. The molecule has 0 spiro atoms. The number of nitrogens with one attached hydrogen (secondary N) is 1. The molecule has 0 saturated carbocycles. The summed E-state index contributed by atoms with van der Waals surface area (Å²) in [6.45, 7) is 0.905. The molecular formula is C22H19Cl2IN2O2. The highest BCUT2D eigenvalue weighted by Crippen LogP contribution is 2.34. The van der Waals surface area contributed by atoms with Crippen molar-refractivity contribution in [1.29, 1.82) is 0 Å². The lowest BCUT2D eigenvalue weighted by Crippen LogP contribution is -2.07. The second-order valence-electron chi connectivity index (χ2n) is 6.10. The molecule has 0 saturated heterocycles. The number of ether oxygens (including phenoxy) is 2. The van der Waals surface area contributed by atoms with E-state index in [-0.39, 0.29) is 0 Å². The molecule has 0 bridgehead atoms. The van der Waals surface area contributed by atoms with E-state index in [0.717, 1.165) is 20.3 Å². The summed E-state index contributed by atoms with van der Waals surface area (Å²) >= 11 is 14.6. The first kappa shape index (κ1) is 21.7. The van der Waals surface area contributed by atoms with Crippen LogP contribution in [0.5, 0.6) is 11.5 Å². The predicted octanol–water partition coefficient (Wildman–Crippen LogP) is 6.31. The second-order valence-corrected chi connectivity index (χ2v) is 8.08. The van der Waals surface area contributed by atoms with Crippen molar-refractivity contribution in [1.82, 2.24) is 5.43 Å². The molecular weight excluding hydrogens is 522 g/mol. The molecule has 0 heterocycles. The normalized spacial score (nSPS) is 10.9. The SMILES string of the molecule is COc1cc(/C=N\NCc2c(Cl)cccc2Cl)cc(I)c1OCc1ccccc1. The van der Waals surface area contributed by atoms with Crippen molar-refractivity contribution < 1.29 is 9.47 Å². The Balaban J connectivity index is 1.67. The summed E-state index contributed by atoms with van der Waals surface area (Å²) < 4.78 is 12.4. The maximum absolute atomic E-state index is 6.17. The Morgan fingerprint density at radius 3 is 2.45 bits per heavy atom. The van der Waals surface area contributed by atoms with Crippen molar-refractivity contribution in [3.63, 3.8) is 0 Å². The second kappa shape index (κ2) is 10.7. The Hall–Kier alpha value is -1.96. The van der Waals surface area contributed by atoms with Gasteiger partial charge in [0.25, 0.3) is 0 Å². The van der Waals surface area contributed by atoms with Gasteiger partial charge in [0.2, 0.25) is 0 Å². The lowest BCUT2D eigenvalue weighted by atomic mass is 10.2. The summed E-state index contributed by atoms with van der Waals surface area (Å²) in [6, 6.07) is 19.3. The maximum atomic E-state index is 6.17. The summed E-state index contributed by atoms with van der Waals surface area (Å²) in [6.07, 6.45) is 1.72. The van der Waals surface area contributed by atoms with Crippen molar-refractivity contribution in [2.24, 2.45) is 5.10 Å². The Kier molecular flexibility index (Phi) is 8.03. The van der Waals surface area contributed by atoms with Crippen LogP contribution in [0.4, 0.5) is 0 Å². The molecule has 29 heavy (non-hydrogen) atoms. The Labute approximate surface area is 194 Å². The van der Waals surface area contributed by atoms with Gasteiger partial charge in [-0.25, -0.2) is 0 Å². The van der Waals surface area contributed by atoms with E-state index in [1.807, 2.05) is 48.5 Å². The minimum Gasteiger partial charge on any atom is -0.493 e. The van der Waals surface area contributed by atoms with Crippen LogP contribution in [0.15, 0.2) is 65.8 Å². The molecule has 0 aliphatic carbocycles. The minimum atomic E-state index is 0.432. The molecule has 0 aromatic heterocycles. The monoisotopic (exact) mass is 540 g/mol. The van der Waals surface area contributed by atoms with Crippen LogP contribution in [0.2, 0.25) is 10.0 Å². The van der Waals surface area contributed by atoms with Gasteiger partial charge in [0.1, 0.15) is 6.61 Å². The molecule has 0 atom stereocenters. The number of hydrogen-bond donors (Lipinski definition) is 1. The van der Waals surface area contributed by atoms with E-state index in [1.54, 1.807) is 25.5 Å². The highest BCUT2D eigenvalue weighted by molar-refractivity contribution is 14.1. The van der Waals surface area contributed by atoms with E-state index in [1.165, 1.54) is 0 Å². The zero-order valence-electron chi connectivity index (χ0n) is 15.7. The van der Waals surface area contributed by atoms with E-state index in [9.17, 15) is 0 Å². The fourth-order valence-electron chi connectivity index (χ4n) is 2.63. The third-order valence-corrected chi connectivity index (χ3v) is 5.61. The van der Waals surface area contributed by atoms with E-state index in [2.05, 4.69) is 33.1 Å². The zero-order valence-corrected chi connectivity index (χ0v) is 19.3. The first-order valence-corrected chi connectivity index (χ1v) is 10.6. The zero-order chi connectivity index (χ0) is 20.6. The van der Waals surface area contributed by atoms with E-state index < -0.39 is 0 Å². The quantitative estimate of drug-likeness (QED) is 0.207. The summed E-state index contributed by atoms with van der Waals surface area (Å²) in [5.41, 5.74) is 5.77. The lowest BCUT2D eigenvalue weighted by Gasteiger charge is -2.13. The molecule has 0 unspecified atom stereocenters. The number of nitrogens with zero attached hydrogens (tertiary/aromatic N) is 1. The summed E-state index contributed by atoms with van der Waals surface area (Å²) in [5, 5.41) is 5.48. The molecule has 0 fully saturated rings. The van der Waals surface area contributed by atoms with Crippen molar-refractivity contribution in [3.8, 4) is 11.5 Å². The van der Waals surface area contributed by atoms with E-state index >= 15 is 0 Å². The fourth-order valence-corrected chi connectivity index (χ4v) is 3.94. The minimum absolute atomic E-state index is 0.432. The van der Waals surface area contributed by atoms with Crippen LogP contribution in [0.25, 0.3) is 0 Å². The van der Waals surface area contributed by atoms with Gasteiger partial charge in [-0.1, -0.05) is 59.6 Å². The third kappa shape index (κ3) is 6.01. The standard InChI is InChI=1S/C22H19Cl2IN2O2/c1-28-21-11-16(12-26-27-13-17-18(23)8-5-9-19(17)24)10-20(25)22(21)29-14-15-6-3-2-4-7-15/h2-12,27H,13-14H2,1H3/b26-12-. The van der Waals surface area contributed by atoms with Crippen LogP contribution in [0.1, 0.15) is 16.7 Å². The molecule has 3 aromatic rings. The average molecular weight is 541 g/mol. The van der Waals surface area contributed by atoms with Crippen LogP contribution in [0.3, 0.4) is 0 Å². The number of rotatable bonds is 8. The number of halogens is 3. The highest BCUT2D eigenvalue weighted by Gasteiger charge is 2.11. The van der Waals surface area contributed by atoms with Crippen molar-refractivity contribution in [2.45, 2.75) is 13.2 Å². The van der Waals surface area contributed by atoms with Gasteiger partial charge >= 0.3 is 0 Å². The molecule has 4 nitrogen and oxygen atoms in total. The first-order chi connectivity index (χ1) is 14.1. The maximum Gasteiger partial charge on any atom is 0.174 e. The predicted molar refractivity (Wildman–Crippen MR) is 127 cm³/mol. The van der Waals surface area contributed by atoms with Crippen LogP contribution < -0.4 is 14.9 Å². The molecule has 1 N–H and O–H groups in total. The van der Waals surface area contributed by atoms with Crippen LogP contribution in [-0.4, -0.2) is 13.3 Å². The highest BCUT2D eigenvalue weighted by atomic mass is 127. The topological polar surface area (TPSA) is 42.8 Å². The molecule has 3 rings (SSSR count). The molecule has 0 aliphatic heterocycles. The van der Waals surface area contributed by atoms with Gasteiger partial charge < -0.3 is 14.9 Å². The van der Waals surface area contributed by atoms with Crippen LogP contribution >= 0.6 is 45.8 Å². The van der Waals surface area contributed by atoms with Gasteiger partial charge in [0.15, 0.2) is 11.5 Å². The van der Waals surface area contributed by atoms with Gasteiger partial charge in [-0.15, -0.1) is 0 Å². The smallest absolute Gasteiger partial charge is 0.174 e. The number of hydrogen-bond acceptors (Lipinski definition) is 4. The average Bonchev–Trinajstić information content (AvgIpc) is 2.72. The summed E-state index contributed by atoms with van der Waals surface area (Å²) in [5.74, 6) is 1.37. The molecule has 0 amide bonds. The molecule has 0 aliphatic rings. The Morgan fingerprint density at radius 2 is 1.76 bits per heavy atom. The van der Waals surface area contributed by atoms with Gasteiger partial charge in [-0.05, 0) is 58.0 Å². The van der Waals surface area contributed by atoms with Crippen molar-refractivity contribution >= 4 is 52.0 Å². The summed E-state index contributed by atoms with van der Waals surface area (Å²) in [7, 11) is 1.62. The number of methoxy groups -OCH3 is 1. The van der Waals surface area contributed by atoms with Gasteiger partial charge in [-0.2, -0.15) is 5.10 Å². The van der Waals surface area contributed by atoms with Crippen molar-refractivity contribution in [2.75, 3.05) is 7.11 Å². The fraction of sp³-hybridized carbons (Fsp3) is 0.136. The molecule has 150 valence electrons. The number of hydrazone groups is 1. The van der Waals surface area contributed by atoms with Gasteiger partial charge in [0, 0.05) is 15.6 Å². The lowest BCUT2D eigenvalue weighted by molar-refractivity contribution is 0.282. The van der Waals surface area contributed by atoms with Crippen molar-refractivity contribution in [3.05, 3.63) is 91.0 Å². The molecule has 0 radical (unpaired) electrons. The van der Waals surface area contributed by atoms with Crippen LogP contribution in [0, 0.1) is 3.57 Å². The van der Waals surface area contributed by atoms with E-state index in [4.69, 9.17) is 32.7 Å². The largest absolute Gasteiger partial charge is 0.493 e.